The van der Waals surface area contributed by atoms with Crippen molar-refractivity contribution in [3.8, 4) is 0 Å². The van der Waals surface area contributed by atoms with Gasteiger partial charge in [-0.2, -0.15) is 0 Å². The number of rotatable bonds is 5. The first-order chi connectivity index (χ1) is 11.1. The Hall–Kier alpha value is -1.07. The number of nitrogens with zero attached hydrogens (tertiary/aromatic N) is 1. The molecule has 0 spiro atoms. The SMILES string of the molecule is CC(C)CNC(=S)NC1C[C@H]2CCC[C@@H](C1)N2Cc1ccco1. The summed E-state index contributed by atoms with van der Waals surface area (Å²) in [6.45, 7) is 6.29. The van der Waals surface area contributed by atoms with Gasteiger partial charge in [-0.3, -0.25) is 4.90 Å². The van der Waals surface area contributed by atoms with Crippen LogP contribution < -0.4 is 10.6 Å². The van der Waals surface area contributed by atoms with E-state index in [1.807, 2.05) is 6.07 Å². The van der Waals surface area contributed by atoms with E-state index >= 15 is 0 Å². The van der Waals surface area contributed by atoms with Crippen LogP contribution in [0.15, 0.2) is 22.8 Å². The van der Waals surface area contributed by atoms with Gasteiger partial charge in [0, 0.05) is 24.7 Å². The molecule has 0 aliphatic carbocycles. The molecule has 1 unspecified atom stereocenters. The predicted octanol–water partition coefficient (Wildman–Crippen LogP) is 3.29. The molecule has 1 aromatic rings. The minimum Gasteiger partial charge on any atom is -0.468 e. The molecule has 23 heavy (non-hydrogen) atoms. The van der Waals surface area contributed by atoms with Crippen molar-refractivity contribution in [3.05, 3.63) is 24.2 Å². The molecule has 1 aromatic heterocycles. The molecule has 2 bridgehead atoms. The first-order valence-corrected chi connectivity index (χ1v) is 9.35. The van der Waals surface area contributed by atoms with Gasteiger partial charge in [0.25, 0.3) is 0 Å². The van der Waals surface area contributed by atoms with E-state index in [4.69, 9.17) is 16.6 Å². The van der Waals surface area contributed by atoms with Gasteiger partial charge in [-0.1, -0.05) is 20.3 Å². The first kappa shape index (κ1) is 16.8. The Bertz CT molecular complexity index is 488. The molecule has 5 heteroatoms. The van der Waals surface area contributed by atoms with Crippen molar-refractivity contribution in [3.63, 3.8) is 0 Å². The molecule has 3 heterocycles. The standard InChI is InChI=1S/C18H29N3OS/c1-13(2)11-19-18(23)20-14-9-15-5-3-6-16(10-14)21(15)12-17-7-4-8-22-17/h4,7-8,13-16H,3,5-6,9-12H2,1-2H3,(H2,19,20,23)/t14?,15-,16+. The van der Waals surface area contributed by atoms with Gasteiger partial charge < -0.3 is 15.1 Å². The van der Waals surface area contributed by atoms with Crippen molar-refractivity contribution in [1.82, 2.24) is 15.5 Å². The quantitative estimate of drug-likeness (QED) is 0.808. The number of thiocarbonyl (C=S) groups is 1. The van der Waals surface area contributed by atoms with Crippen molar-refractivity contribution in [2.24, 2.45) is 5.92 Å². The molecule has 4 nitrogen and oxygen atoms in total. The fourth-order valence-electron chi connectivity index (χ4n) is 3.97. The van der Waals surface area contributed by atoms with Gasteiger partial charge in [-0.25, -0.2) is 0 Å². The van der Waals surface area contributed by atoms with E-state index in [-0.39, 0.29) is 0 Å². The summed E-state index contributed by atoms with van der Waals surface area (Å²) in [6.07, 6.45) is 8.08. The van der Waals surface area contributed by atoms with E-state index in [9.17, 15) is 0 Å². The fourth-order valence-corrected chi connectivity index (χ4v) is 4.22. The summed E-state index contributed by atoms with van der Waals surface area (Å²) in [5.41, 5.74) is 0. The summed E-state index contributed by atoms with van der Waals surface area (Å²) in [5.74, 6) is 1.70. The molecule has 2 aliphatic rings. The highest BCUT2D eigenvalue weighted by molar-refractivity contribution is 7.80. The van der Waals surface area contributed by atoms with Gasteiger partial charge >= 0.3 is 0 Å². The topological polar surface area (TPSA) is 40.4 Å². The molecule has 3 rings (SSSR count). The lowest BCUT2D eigenvalue weighted by Gasteiger charge is -2.48. The summed E-state index contributed by atoms with van der Waals surface area (Å²) in [6, 6.07) is 5.88. The van der Waals surface area contributed by atoms with E-state index in [2.05, 4.69) is 35.4 Å². The van der Waals surface area contributed by atoms with Crippen molar-refractivity contribution in [1.29, 1.82) is 0 Å². The normalized spacial score (nSPS) is 27.9. The lowest BCUT2D eigenvalue weighted by Crippen LogP contribution is -2.57. The summed E-state index contributed by atoms with van der Waals surface area (Å²) in [5, 5.41) is 7.71. The second kappa shape index (κ2) is 7.67. The Labute approximate surface area is 145 Å². The largest absolute Gasteiger partial charge is 0.468 e. The van der Waals surface area contributed by atoms with E-state index in [1.54, 1.807) is 6.26 Å². The lowest BCUT2D eigenvalue weighted by atomic mass is 9.81. The molecular formula is C18H29N3OS. The van der Waals surface area contributed by atoms with Crippen LogP contribution in [0.25, 0.3) is 0 Å². The number of hydrogen-bond donors (Lipinski definition) is 2. The van der Waals surface area contributed by atoms with Crippen LogP contribution in [0.3, 0.4) is 0 Å². The molecule has 2 N–H and O–H groups in total. The van der Waals surface area contributed by atoms with Gasteiger partial charge in [-0.15, -0.1) is 0 Å². The number of fused-ring (bicyclic) bond motifs is 2. The van der Waals surface area contributed by atoms with Crippen LogP contribution in [0.1, 0.15) is 51.7 Å². The number of furan rings is 1. The average Bonchev–Trinajstić information content (AvgIpc) is 2.99. The molecule has 2 aliphatic heterocycles. The van der Waals surface area contributed by atoms with E-state index in [1.165, 1.54) is 32.1 Å². The van der Waals surface area contributed by atoms with Crippen LogP contribution in [0.5, 0.6) is 0 Å². The third-order valence-electron chi connectivity index (χ3n) is 5.05. The van der Waals surface area contributed by atoms with Crippen LogP contribution >= 0.6 is 12.2 Å². The Morgan fingerprint density at radius 3 is 2.70 bits per heavy atom. The number of piperidine rings is 2. The van der Waals surface area contributed by atoms with Crippen LogP contribution in [0.4, 0.5) is 0 Å². The van der Waals surface area contributed by atoms with Gasteiger partial charge in [0.05, 0.1) is 12.8 Å². The predicted molar refractivity (Wildman–Crippen MR) is 97.3 cm³/mol. The molecular weight excluding hydrogens is 306 g/mol. The number of nitrogens with one attached hydrogen (secondary N) is 2. The highest BCUT2D eigenvalue weighted by Crippen LogP contribution is 2.35. The van der Waals surface area contributed by atoms with Crippen molar-refractivity contribution < 1.29 is 4.42 Å². The third kappa shape index (κ3) is 4.48. The van der Waals surface area contributed by atoms with Crippen LogP contribution in [-0.4, -0.2) is 34.7 Å². The Morgan fingerprint density at radius 1 is 1.35 bits per heavy atom. The van der Waals surface area contributed by atoms with Gasteiger partial charge in [0.2, 0.25) is 0 Å². The highest BCUT2D eigenvalue weighted by atomic mass is 32.1. The molecule has 2 saturated heterocycles. The minimum absolute atomic E-state index is 0.505. The zero-order valence-electron chi connectivity index (χ0n) is 14.3. The fraction of sp³-hybridized carbons (Fsp3) is 0.722. The van der Waals surface area contributed by atoms with Gasteiger partial charge in [0.1, 0.15) is 5.76 Å². The summed E-state index contributed by atoms with van der Waals surface area (Å²) < 4.78 is 5.56. The number of hydrogen-bond acceptors (Lipinski definition) is 3. The second-order valence-corrected chi connectivity index (χ2v) is 7.82. The molecule has 2 fully saturated rings. The van der Waals surface area contributed by atoms with Gasteiger partial charge in [-0.05, 0) is 56.0 Å². The van der Waals surface area contributed by atoms with Crippen molar-refractivity contribution >= 4 is 17.3 Å². The minimum atomic E-state index is 0.505. The first-order valence-electron chi connectivity index (χ1n) is 8.94. The molecule has 0 radical (unpaired) electrons. The van der Waals surface area contributed by atoms with Crippen molar-refractivity contribution in [2.45, 2.75) is 70.6 Å². The zero-order valence-corrected chi connectivity index (χ0v) is 15.1. The Kier molecular flexibility index (Phi) is 5.59. The van der Waals surface area contributed by atoms with E-state index in [0.717, 1.165) is 24.0 Å². The van der Waals surface area contributed by atoms with Crippen molar-refractivity contribution in [2.75, 3.05) is 6.54 Å². The molecule has 128 valence electrons. The van der Waals surface area contributed by atoms with Crippen LogP contribution in [0.2, 0.25) is 0 Å². The van der Waals surface area contributed by atoms with Crippen LogP contribution in [0, 0.1) is 5.92 Å². The van der Waals surface area contributed by atoms with Crippen LogP contribution in [-0.2, 0) is 6.54 Å². The van der Waals surface area contributed by atoms with E-state index < -0.39 is 0 Å². The zero-order chi connectivity index (χ0) is 16.2. The molecule has 0 aromatic carbocycles. The average molecular weight is 336 g/mol. The van der Waals surface area contributed by atoms with E-state index in [0.29, 0.717) is 24.0 Å². The molecule has 0 saturated carbocycles. The van der Waals surface area contributed by atoms with Gasteiger partial charge in [0.15, 0.2) is 5.11 Å². The molecule has 0 amide bonds. The lowest BCUT2D eigenvalue weighted by molar-refractivity contribution is 0.0160. The highest BCUT2D eigenvalue weighted by Gasteiger charge is 2.38. The summed E-state index contributed by atoms with van der Waals surface area (Å²) in [4.78, 5) is 2.66. The Morgan fingerprint density at radius 2 is 2.09 bits per heavy atom. The summed E-state index contributed by atoms with van der Waals surface area (Å²) >= 11 is 5.46. The third-order valence-corrected chi connectivity index (χ3v) is 5.31. The summed E-state index contributed by atoms with van der Waals surface area (Å²) in [7, 11) is 0. The maximum atomic E-state index is 5.56. The maximum Gasteiger partial charge on any atom is 0.166 e. The smallest absolute Gasteiger partial charge is 0.166 e. The monoisotopic (exact) mass is 335 g/mol. The molecule has 3 atom stereocenters. The second-order valence-electron chi connectivity index (χ2n) is 7.41. The maximum absolute atomic E-state index is 5.56. The Balaban J connectivity index is 1.54.